The Hall–Kier alpha value is -3.35. The number of ether oxygens (including phenoxy) is 1. The Labute approximate surface area is 193 Å². The van der Waals surface area contributed by atoms with E-state index in [-0.39, 0.29) is 24.9 Å². The maximum Gasteiger partial charge on any atom is 0.407 e. The van der Waals surface area contributed by atoms with Gasteiger partial charge in [0.25, 0.3) is 0 Å². The van der Waals surface area contributed by atoms with Crippen LogP contribution in [0.25, 0.3) is 11.1 Å². The van der Waals surface area contributed by atoms with Crippen LogP contribution in [-0.2, 0) is 14.3 Å². The fourth-order valence-electron chi connectivity index (χ4n) is 4.82. The van der Waals surface area contributed by atoms with Crippen molar-refractivity contribution in [3.05, 3.63) is 59.7 Å². The number of rotatable bonds is 9. The monoisotopic (exact) mass is 450 g/mol. The molecular weight excluding hydrogens is 420 g/mol. The van der Waals surface area contributed by atoms with Gasteiger partial charge < -0.3 is 20.1 Å². The van der Waals surface area contributed by atoms with Gasteiger partial charge in [0.05, 0.1) is 0 Å². The lowest BCUT2D eigenvalue weighted by atomic mass is 9.93. The Morgan fingerprint density at radius 2 is 1.67 bits per heavy atom. The number of likely N-dealkylation sites (tertiary alicyclic amines) is 1. The van der Waals surface area contributed by atoms with Crippen LogP contribution < -0.4 is 5.32 Å². The van der Waals surface area contributed by atoms with Crippen LogP contribution in [0.1, 0.15) is 49.7 Å². The molecule has 174 valence electrons. The summed E-state index contributed by atoms with van der Waals surface area (Å²) < 4.78 is 5.57. The van der Waals surface area contributed by atoms with E-state index in [0.717, 1.165) is 17.5 Å². The van der Waals surface area contributed by atoms with E-state index < -0.39 is 18.1 Å². The molecule has 0 saturated carbocycles. The van der Waals surface area contributed by atoms with Crippen LogP contribution >= 0.6 is 0 Å². The van der Waals surface area contributed by atoms with Gasteiger partial charge >= 0.3 is 12.1 Å². The molecule has 0 radical (unpaired) electrons. The van der Waals surface area contributed by atoms with Crippen molar-refractivity contribution >= 4 is 18.0 Å². The van der Waals surface area contributed by atoms with E-state index >= 15 is 0 Å². The second kappa shape index (κ2) is 10.1. The average Bonchev–Trinajstić information content (AvgIpc) is 3.10. The first-order valence-corrected chi connectivity index (χ1v) is 11.6. The maximum absolute atomic E-state index is 12.8. The second-order valence-corrected chi connectivity index (χ2v) is 8.83. The Balaban J connectivity index is 1.28. The molecule has 0 aromatic heterocycles. The predicted molar refractivity (Wildman–Crippen MR) is 124 cm³/mol. The summed E-state index contributed by atoms with van der Waals surface area (Å²) in [6.45, 7) is 3.29. The summed E-state index contributed by atoms with van der Waals surface area (Å²) in [6.07, 6.45) is 1.47. The van der Waals surface area contributed by atoms with Gasteiger partial charge in [-0.3, -0.25) is 9.59 Å². The Morgan fingerprint density at radius 3 is 2.24 bits per heavy atom. The number of nitrogens with zero attached hydrogens (tertiary/aromatic N) is 1. The number of nitrogens with one attached hydrogen (secondary N) is 1. The number of hydrogen-bond acceptors (Lipinski definition) is 4. The van der Waals surface area contributed by atoms with E-state index in [9.17, 15) is 14.4 Å². The summed E-state index contributed by atoms with van der Waals surface area (Å²) in [6, 6.07) is 15.7. The van der Waals surface area contributed by atoms with Gasteiger partial charge in [-0.1, -0.05) is 55.5 Å². The minimum Gasteiger partial charge on any atom is -0.481 e. The lowest BCUT2D eigenvalue weighted by molar-refractivity contribution is -0.141. The number of amides is 2. The largest absolute Gasteiger partial charge is 0.481 e. The van der Waals surface area contributed by atoms with Crippen LogP contribution in [0.2, 0.25) is 0 Å². The number of carbonyl (C=O) groups is 3. The molecule has 7 heteroatoms. The van der Waals surface area contributed by atoms with Gasteiger partial charge in [0, 0.05) is 25.4 Å². The molecule has 1 unspecified atom stereocenters. The summed E-state index contributed by atoms with van der Waals surface area (Å²) in [7, 11) is 0. The molecule has 1 fully saturated rings. The quantitative estimate of drug-likeness (QED) is 0.602. The van der Waals surface area contributed by atoms with Gasteiger partial charge in [0.15, 0.2) is 0 Å². The van der Waals surface area contributed by atoms with Crippen molar-refractivity contribution in [3.63, 3.8) is 0 Å². The van der Waals surface area contributed by atoms with Crippen LogP contribution in [-0.4, -0.2) is 53.7 Å². The number of hydrogen-bond donors (Lipinski definition) is 2. The molecule has 2 amide bonds. The molecule has 2 aromatic carbocycles. The molecule has 1 heterocycles. The lowest BCUT2D eigenvalue weighted by Gasteiger charge is -2.41. The predicted octanol–water partition coefficient (Wildman–Crippen LogP) is 4.02. The van der Waals surface area contributed by atoms with Crippen LogP contribution in [0.15, 0.2) is 48.5 Å². The van der Waals surface area contributed by atoms with Crippen LogP contribution in [0.4, 0.5) is 4.79 Å². The zero-order chi connectivity index (χ0) is 23.4. The number of carbonyl (C=O) groups excluding carboxylic acids is 2. The third kappa shape index (κ3) is 5.02. The van der Waals surface area contributed by atoms with Crippen LogP contribution in [0.5, 0.6) is 0 Å². The van der Waals surface area contributed by atoms with E-state index in [4.69, 9.17) is 9.84 Å². The molecule has 33 heavy (non-hydrogen) atoms. The minimum atomic E-state index is -0.791. The van der Waals surface area contributed by atoms with Gasteiger partial charge in [-0.25, -0.2) is 4.79 Å². The highest BCUT2D eigenvalue weighted by atomic mass is 16.5. The molecule has 1 aliphatic carbocycles. The molecule has 0 spiro atoms. The zero-order valence-corrected chi connectivity index (χ0v) is 18.8. The van der Waals surface area contributed by atoms with Crippen molar-refractivity contribution in [2.45, 2.75) is 44.6 Å². The topological polar surface area (TPSA) is 95.9 Å². The van der Waals surface area contributed by atoms with E-state index in [0.29, 0.717) is 31.8 Å². The Kier molecular flexibility index (Phi) is 6.96. The minimum absolute atomic E-state index is 0.0270. The van der Waals surface area contributed by atoms with Crippen molar-refractivity contribution in [3.8, 4) is 11.1 Å². The Morgan fingerprint density at radius 1 is 1.06 bits per heavy atom. The summed E-state index contributed by atoms with van der Waals surface area (Å²) >= 11 is 0. The number of aliphatic carboxylic acids is 1. The van der Waals surface area contributed by atoms with Crippen molar-refractivity contribution in [1.82, 2.24) is 10.2 Å². The summed E-state index contributed by atoms with van der Waals surface area (Å²) in [5.41, 5.74) is 4.62. The van der Waals surface area contributed by atoms with Crippen LogP contribution in [0.3, 0.4) is 0 Å². The summed E-state index contributed by atoms with van der Waals surface area (Å²) in [5.74, 6) is -0.595. The maximum atomic E-state index is 12.8. The standard InChI is InChI=1S/C26H30N2O5/c1-2-23(25(31)28-14-17(15-28)8-7-13-24(29)30)27-26(32)33-16-22-20-11-5-3-9-18(20)19-10-4-6-12-21(19)22/h3-6,9-12,17,22-23H,2,7-8,13-16H2,1H3,(H,27,32)(H,29,30). The van der Waals surface area contributed by atoms with Crippen molar-refractivity contribution < 1.29 is 24.2 Å². The van der Waals surface area contributed by atoms with E-state index in [2.05, 4.69) is 29.6 Å². The van der Waals surface area contributed by atoms with E-state index in [1.54, 1.807) is 4.90 Å². The third-order valence-electron chi connectivity index (χ3n) is 6.61. The molecule has 4 rings (SSSR count). The molecule has 7 nitrogen and oxygen atoms in total. The molecule has 0 bridgehead atoms. The van der Waals surface area contributed by atoms with Crippen molar-refractivity contribution in [2.24, 2.45) is 5.92 Å². The van der Waals surface area contributed by atoms with Crippen molar-refractivity contribution in [2.75, 3.05) is 19.7 Å². The molecule has 2 aliphatic rings. The number of carboxylic acids is 1. The van der Waals surface area contributed by atoms with Crippen LogP contribution in [0, 0.1) is 5.92 Å². The molecule has 1 aliphatic heterocycles. The normalized spacial score (nSPS) is 15.8. The first-order chi connectivity index (χ1) is 16.0. The number of carboxylic acid groups (broad SMARTS) is 1. The first kappa shape index (κ1) is 22.8. The second-order valence-electron chi connectivity index (χ2n) is 8.83. The van der Waals surface area contributed by atoms with Gasteiger partial charge in [-0.05, 0) is 47.4 Å². The highest BCUT2D eigenvalue weighted by Crippen LogP contribution is 2.44. The highest BCUT2D eigenvalue weighted by molar-refractivity contribution is 5.86. The molecule has 2 N–H and O–H groups in total. The van der Waals surface area contributed by atoms with E-state index in [1.807, 2.05) is 31.2 Å². The third-order valence-corrected chi connectivity index (χ3v) is 6.61. The SMILES string of the molecule is CCC(NC(=O)OCC1c2ccccc2-c2ccccc21)C(=O)N1CC(CCCC(=O)O)C1. The fourth-order valence-corrected chi connectivity index (χ4v) is 4.82. The number of fused-ring (bicyclic) bond motifs is 3. The van der Waals surface area contributed by atoms with Gasteiger partial charge in [0.1, 0.15) is 12.6 Å². The fraction of sp³-hybridized carbons (Fsp3) is 0.423. The molecule has 1 saturated heterocycles. The molecule has 2 aromatic rings. The van der Waals surface area contributed by atoms with Gasteiger partial charge in [-0.2, -0.15) is 0 Å². The zero-order valence-electron chi connectivity index (χ0n) is 18.8. The smallest absolute Gasteiger partial charge is 0.407 e. The van der Waals surface area contributed by atoms with Gasteiger partial charge in [0.2, 0.25) is 5.91 Å². The average molecular weight is 451 g/mol. The number of alkyl carbamates (subject to hydrolysis) is 1. The summed E-state index contributed by atoms with van der Waals surface area (Å²) in [4.78, 5) is 37.7. The first-order valence-electron chi connectivity index (χ1n) is 11.6. The van der Waals surface area contributed by atoms with E-state index in [1.165, 1.54) is 11.1 Å². The Bertz CT molecular complexity index is 985. The molecule has 1 atom stereocenters. The summed E-state index contributed by atoms with van der Waals surface area (Å²) in [5, 5.41) is 11.5. The highest BCUT2D eigenvalue weighted by Gasteiger charge is 2.35. The number of benzene rings is 2. The van der Waals surface area contributed by atoms with Crippen molar-refractivity contribution in [1.29, 1.82) is 0 Å². The van der Waals surface area contributed by atoms with Gasteiger partial charge in [-0.15, -0.1) is 0 Å². The molecular formula is C26H30N2O5. The lowest BCUT2D eigenvalue weighted by Crippen LogP contribution is -2.56.